The fraction of sp³-hybridized carbons (Fsp3) is 0.238. The number of pyridine rings is 1. The number of fused-ring (bicyclic) bond motifs is 3. The van der Waals surface area contributed by atoms with E-state index >= 15 is 0 Å². The third-order valence-corrected chi connectivity index (χ3v) is 4.72. The van der Waals surface area contributed by atoms with Crippen molar-refractivity contribution in [1.29, 1.82) is 0 Å². The molecule has 4 rings (SSSR count). The number of rotatable bonds is 6. The summed E-state index contributed by atoms with van der Waals surface area (Å²) in [7, 11) is 0. The van der Waals surface area contributed by atoms with Crippen LogP contribution in [0.3, 0.4) is 0 Å². The summed E-state index contributed by atoms with van der Waals surface area (Å²) in [6.07, 6.45) is 0. The van der Waals surface area contributed by atoms with Crippen molar-refractivity contribution in [2.45, 2.75) is 26.6 Å². The minimum atomic E-state index is 0.430. The summed E-state index contributed by atoms with van der Waals surface area (Å²) in [5.41, 5.74) is 16.8. The molecular weight excluding hydrogens is 338 g/mol. The first-order valence-corrected chi connectivity index (χ1v) is 9.10. The van der Waals surface area contributed by atoms with Crippen molar-refractivity contribution in [1.82, 2.24) is 14.5 Å². The summed E-state index contributed by atoms with van der Waals surface area (Å²) in [6.45, 7) is 4.25. The van der Waals surface area contributed by atoms with E-state index in [1.807, 2.05) is 25.1 Å². The molecule has 0 aliphatic carbocycles. The van der Waals surface area contributed by atoms with E-state index in [1.165, 1.54) is 5.56 Å². The number of nitrogens with zero attached hydrogens (tertiary/aromatic N) is 3. The van der Waals surface area contributed by atoms with Gasteiger partial charge in [0.15, 0.2) is 5.82 Å². The highest BCUT2D eigenvalue weighted by atomic mass is 16.5. The third kappa shape index (κ3) is 3.25. The summed E-state index contributed by atoms with van der Waals surface area (Å²) in [6, 6.07) is 16.3. The Balaban J connectivity index is 1.91. The van der Waals surface area contributed by atoms with Crippen LogP contribution in [0.1, 0.15) is 23.9 Å². The van der Waals surface area contributed by atoms with E-state index < -0.39 is 0 Å². The maximum absolute atomic E-state index is 6.22. The molecule has 2 heterocycles. The molecule has 0 bridgehead atoms. The number of ether oxygens (including phenoxy) is 1. The molecule has 4 N–H and O–H groups in total. The van der Waals surface area contributed by atoms with Crippen molar-refractivity contribution in [3.05, 3.63) is 65.5 Å². The number of benzene rings is 2. The molecule has 0 spiro atoms. The molecule has 2 aromatic carbocycles. The maximum atomic E-state index is 6.22. The first kappa shape index (κ1) is 17.5. The second-order valence-electron chi connectivity index (χ2n) is 6.48. The third-order valence-electron chi connectivity index (χ3n) is 4.72. The van der Waals surface area contributed by atoms with Crippen LogP contribution in [0.2, 0.25) is 0 Å². The van der Waals surface area contributed by atoms with Crippen molar-refractivity contribution in [2.75, 3.05) is 12.3 Å². The molecule has 2 aromatic heterocycles. The van der Waals surface area contributed by atoms with Gasteiger partial charge in [-0.05, 0) is 24.1 Å². The van der Waals surface area contributed by atoms with E-state index in [4.69, 9.17) is 21.2 Å². The highest BCUT2D eigenvalue weighted by molar-refractivity contribution is 6.06. The van der Waals surface area contributed by atoms with Crippen molar-refractivity contribution in [3.63, 3.8) is 0 Å². The zero-order valence-electron chi connectivity index (χ0n) is 15.4. The Kier molecular flexibility index (Phi) is 4.75. The van der Waals surface area contributed by atoms with Crippen molar-refractivity contribution in [2.24, 2.45) is 5.73 Å². The highest BCUT2D eigenvalue weighted by Crippen LogP contribution is 2.29. The maximum Gasteiger partial charge on any atom is 0.152 e. The van der Waals surface area contributed by atoms with Gasteiger partial charge < -0.3 is 20.8 Å². The highest BCUT2D eigenvalue weighted by Gasteiger charge is 2.17. The lowest BCUT2D eigenvalue weighted by Crippen LogP contribution is -2.07. The fourth-order valence-electron chi connectivity index (χ4n) is 3.34. The van der Waals surface area contributed by atoms with Crippen LogP contribution >= 0.6 is 0 Å². The molecule has 0 saturated heterocycles. The lowest BCUT2D eigenvalue weighted by Gasteiger charge is -2.11. The van der Waals surface area contributed by atoms with Crippen molar-refractivity contribution < 1.29 is 4.74 Å². The van der Waals surface area contributed by atoms with Crippen LogP contribution in [0.5, 0.6) is 0 Å². The lowest BCUT2D eigenvalue weighted by atomic mass is 10.1. The first-order chi connectivity index (χ1) is 13.2. The topological polar surface area (TPSA) is 92.0 Å². The number of imidazole rings is 1. The molecule has 0 amide bonds. The Labute approximate surface area is 157 Å². The van der Waals surface area contributed by atoms with E-state index in [1.54, 1.807) is 0 Å². The van der Waals surface area contributed by atoms with Crippen molar-refractivity contribution in [3.8, 4) is 0 Å². The minimum absolute atomic E-state index is 0.430. The first-order valence-electron chi connectivity index (χ1n) is 9.10. The Morgan fingerprint density at radius 3 is 2.48 bits per heavy atom. The Morgan fingerprint density at radius 1 is 1.00 bits per heavy atom. The summed E-state index contributed by atoms with van der Waals surface area (Å²) in [4.78, 5) is 9.28. The van der Waals surface area contributed by atoms with Gasteiger partial charge in [-0.15, -0.1) is 0 Å². The van der Waals surface area contributed by atoms with E-state index in [2.05, 4.69) is 39.9 Å². The standard InChI is InChI=1S/C21H23N5O/c1-2-27-13-18-25-19-20(16-5-3-4-6-17(16)24-21(19)23)26(18)12-15-9-7-14(11-22)8-10-15/h3-10H,2,11-13,22H2,1H3,(H2,23,24). The number of nitrogen functional groups attached to an aromatic ring is 1. The second kappa shape index (κ2) is 7.34. The normalized spacial score (nSPS) is 11.5. The van der Waals surface area contributed by atoms with E-state index in [-0.39, 0.29) is 0 Å². The van der Waals surface area contributed by atoms with E-state index in [0.29, 0.717) is 32.1 Å². The minimum Gasteiger partial charge on any atom is -0.382 e. The van der Waals surface area contributed by atoms with Gasteiger partial charge in [0.2, 0.25) is 0 Å². The van der Waals surface area contributed by atoms with Gasteiger partial charge in [-0.3, -0.25) is 0 Å². The van der Waals surface area contributed by atoms with Gasteiger partial charge in [0, 0.05) is 25.1 Å². The quantitative estimate of drug-likeness (QED) is 0.550. The Morgan fingerprint density at radius 2 is 1.74 bits per heavy atom. The van der Waals surface area contributed by atoms with Gasteiger partial charge in [0.25, 0.3) is 0 Å². The summed E-state index contributed by atoms with van der Waals surface area (Å²) in [5.74, 6) is 1.29. The summed E-state index contributed by atoms with van der Waals surface area (Å²) < 4.78 is 7.84. The Hall–Kier alpha value is -2.96. The van der Waals surface area contributed by atoms with E-state index in [9.17, 15) is 0 Å². The molecule has 27 heavy (non-hydrogen) atoms. The monoisotopic (exact) mass is 361 g/mol. The summed E-state index contributed by atoms with van der Waals surface area (Å²) >= 11 is 0. The fourth-order valence-corrected chi connectivity index (χ4v) is 3.34. The number of aromatic nitrogens is 3. The average molecular weight is 361 g/mol. The van der Waals surface area contributed by atoms with Crippen LogP contribution in [-0.2, 0) is 24.4 Å². The molecule has 4 aromatic rings. The molecule has 0 radical (unpaired) electrons. The van der Waals surface area contributed by atoms with Crippen molar-refractivity contribution >= 4 is 27.8 Å². The zero-order valence-corrected chi connectivity index (χ0v) is 15.4. The molecular formula is C21H23N5O. The molecule has 0 atom stereocenters. The molecule has 0 saturated carbocycles. The Bertz CT molecular complexity index is 1090. The molecule has 0 aliphatic rings. The van der Waals surface area contributed by atoms with Gasteiger partial charge in [-0.25, -0.2) is 9.97 Å². The van der Waals surface area contributed by atoms with Crippen LogP contribution in [0.4, 0.5) is 5.82 Å². The molecule has 6 nitrogen and oxygen atoms in total. The smallest absolute Gasteiger partial charge is 0.152 e. The van der Waals surface area contributed by atoms with E-state index in [0.717, 1.165) is 33.3 Å². The molecule has 138 valence electrons. The molecule has 0 fully saturated rings. The van der Waals surface area contributed by atoms with Gasteiger partial charge in [-0.2, -0.15) is 0 Å². The van der Waals surface area contributed by atoms with Crippen LogP contribution < -0.4 is 11.5 Å². The number of hydrogen-bond acceptors (Lipinski definition) is 5. The average Bonchev–Trinajstić information content (AvgIpc) is 3.06. The van der Waals surface area contributed by atoms with Gasteiger partial charge in [-0.1, -0.05) is 42.5 Å². The predicted molar refractivity (Wildman–Crippen MR) is 108 cm³/mol. The number of nitrogens with two attached hydrogens (primary N) is 2. The van der Waals surface area contributed by atoms with Crippen LogP contribution in [0, 0.1) is 0 Å². The largest absolute Gasteiger partial charge is 0.382 e. The van der Waals surface area contributed by atoms with Crippen LogP contribution in [-0.4, -0.2) is 21.1 Å². The summed E-state index contributed by atoms with van der Waals surface area (Å²) in [5, 5.41) is 1.04. The van der Waals surface area contributed by atoms with Crippen LogP contribution in [0.25, 0.3) is 21.9 Å². The predicted octanol–water partition coefficient (Wildman–Crippen LogP) is 3.21. The van der Waals surface area contributed by atoms with Gasteiger partial charge in [0.05, 0.1) is 11.0 Å². The molecule has 6 heteroatoms. The number of para-hydroxylation sites is 1. The molecule has 0 aliphatic heterocycles. The van der Waals surface area contributed by atoms with Crippen LogP contribution in [0.15, 0.2) is 48.5 Å². The zero-order chi connectivity index (χ0) is 18.8. The second-order valence-corrected chi connectivity index (χ2v) is 6.48. The SMILES string of the molecule is CCOCc1nc2c(N)nc3ccccc3c2n1Cc1ccc(CN)cc1. The number of anilines is 1. The van der Waals surface area contributed by atoms with Gasteiger partial charge >= 0.3 is 0 Å². The number of hydrogen-bond donors (Lipinski definition) is 2. The van der Waals surface area contributed by atoms with Gasteiger partial charge in [0.1, 0.15) is 17.9 Å². The molecule has 0 unspecified atom stereocenters. The lowest BCUT2D eigenvalue weighted by molar-refractivity contribution is 0.126.